The summed E-state index contributed by atoms with van der Waals surface area (Å²) in [5, 5.41) is 3.03. The zero-order valence-electron chi connectivity index (χ0n) is 24.3. The maximum atomic E-state index is 14.9. The van der Waals surface area contributed by atoms with Crippen LogP contribution in [-0.4, -0.2) is 51.4 Å². The van der Waals surface area contributed by atoms with Crippen molar-refractivity contribution >= 4 is 39.1 Å². The molecule has 0 aliphatic rings. The number of sulfonamides is 1. The van der Waals surface area contributed by atoms with Gasteiger partial charge >= 0.3 is 0 Å². The summed E-state index contributed by atoms with van der Waals surface area (Å²) in [5.74, 6) is -1.26. The first-order valence-corrected chi connectivity index (χ1v) is 15.7. The molecule has 0 radical (unpaired) electrons. The van der Waals surface area contributed by atoms with Crippen LogP contribution < -0.4 is 14.4 Å². The number of benzene rings is 4. The van der Waals surface area contributed by atoms with Crippen LogP contribution in [0.15, 0.2) is 108 Å². The number of hydrogen-bond donors (Lipinski definition) is 1. The number of nitrogens with one attached hydrogen (secondary N) is 1. The Bertz CT molecular complexity index is 1690. The Hall–Kier alpha value is -4.41. The van der Waals surface area contributed by atoms with Gasteiger partial charge in [-0.25, -0.2) is 12.8 Å². The number of hydrogen-bond acceptors (Lipinski definition) is 5. The average molecular weight is 638 g/mol. The fourth-order valence-corrected chi connectivity index (χ4v) is 6.28. The molecular weight excluding hydrogens is 605 g/mol. The molecule has 0 heterocycles. The summed E-state index contributed by atoms with van der Waals surface area (Å²) in [6.45, 7) is 1.09. The quantitative estimate of drug-likeness (QED) is 0.210. The molecule has 0 aliphatic carbocycles. The van der Waals surface area contributed by atoms with Gasteiger partial charge < -0.3 is 15.0 Å². The van der Waals surface area contributed by atoms with Crippen LogP contribution in [-0.2, 0) is 32.6 Å². The van der Waals surface area contributed by atoms with Gasteiger partial charge in [-0.1, -0.05) is 66.2 Å². The number of anilines is 1. The number of amides is 2. The van der Waals surface area contributed by atoms with Crippen molar-refractivity contribution in [2.45, 2.75) is 30.8 Å². The van der Waals surface area contributed by atoms with Crippen molar-refractivity contribution in [3.8, 4) is 5.75 Å². The smallest absolute Gasteiger partial charge is 0.264 e. The third-order valence-corrected chi connectivity index (χ3v) is 8.97. The van der Waals surface area contributed by atoms with E-state index in [1.54, 1.807) is 25.1 Å². The topological polar surface area (TPSA) is 96.0 Å². The molecule has 0 saturated carbocycles. The summed E-state index contributed by atoms with van der Waals surface area (Å²) in [4.78, 5) is 28.9. The summed E-state index contributed by atoms with van der Waals surface area (Å²) in [5.41, 5.74) is 1.09. The van der Waals surface area contributed by atoms with E-state index < -0.39 is 40.2 Å². The molecular formula is C33H33ClFN3O5S. The van der Waals surface area contributed by atoms with Gasteiger partial charge in [-0.05, 0) is 61.0 Å². The number of methoxy groups -OCH3 is 1. The first-order chi connectivity index (χ1) is 21.1. The van der Waals surface area contributed by atoms with Gasteiger partial charge in [0, 0.05) is 30.1 Å². The van der Waals surface area contributed by atoms with Gasteiger partial charge in [-0.3, -0.25) is 13.9 Å². The molecule has 0 aromatic heterocycles. The van der Waals surface area contributed by atoms with Crippen LogP contribution in [0.2, 0.25) is 5.02 Å². The van der Waals surface area contributed by atoms with Gasteiger partial charge in [-0.2, -0.15) is 0 Å². The molecule has 4 aromatic carbocycles. The van der Waals surface area contributed by atoms with E-state index in [1.807, 2.05) is 30.3 Å². The molecule has 8 nitrogen and oxygen atoms in total. The highest BCUT2D eigenvalue weighted by atomic mass is 35.5. The Morgan fingerprint density at radius 2 is 1.61 bits per heavy atom. The Morgan fingerprint density at radius 3 is 2.25 bits per heavy atom. The largest absolute Gasteiger partial charge is 0.497 e. The molecule has 4 rings (SSSR count). The van der Waals surface area contributed by atoms with Crippen molar-refractivity contribution in [3.05, 3.63) is 125 Å². The molecule has 0 bridgehead atoms. The van der Waals surface area contributed by atoms with Crippen molar-refractivity contribution < 1.29 is 27.1 Å². The minimum Gasteiger partial charge on any atom is -0.497 e. The molecule has 1 atom stereocenters. The van der Waals surface area contributed by atoms with Crippen LogP contribution in [0.3, 0.4) is 0 Å². The van der Waals surface area contributed by atoms with E-state index in [9.17, 15) is 22.4 Å². The lowest BCUT2D eigenvalue weighted by Crippen LogP contribution is -2.53. The highest BCUT2D eigenvalue weighted by Crippen LogP contribution is 2.28. The van der Waals surface area contributed by atoms with Gasteiger partial charge in [0.15, 0.2) is 0 Å². The maximum Gasteiger partial charge on any atom is 0.264 e. The van der Waals surface area contributed by atoms with E-state index in [0.29, 0.717) is 12.3 Å². The lowest BCUT2D eigenvalue weighted by atomic mass is 10.0. The van der Waals surface area contributed by atoms with E-state index in [2.05, 4.69) is 5.32 Å². The van der Waals surface area contributed by atoms with Crippen molar-refractivity contribution in [2.24, 2.45) is 0 Å². The Kier molecular flexibility index (Phi) is 11.0. The number of likely N-dealkylation sites (N-methyl/N-ethyl adjacent to an activating group) is 1. The van der Waals surface area contributed by atoms with Crippen molar-refractivity contribution in [1.29, 1.82) is 0 Å². The van der Waals surface area contributed by atoms with Crippen LogP contribution in [0.25, 0.3) is 0 Å². The van der Waals surface area contributed by atoms with Crippen LogP contribution >= 0.6 is 11.6 Å². The number of halogens is 2. The van der Waals surface area contributed by atoms with Gasteiger partial charge in [0.2, 0.25) is 11.8 Å². The minimum atomic E-state index is -4.32. The SMILES string of the molecule is CCNC(=O)[C@H](Cc1ccccc1)N(Cc1ccccc1F)C(=O)CN(c1cccc(Cl)c1)S(=O)(=O)c1ccc(OC)cc1. The predicted molar refractivity (Wildman–Crippen MR) is 169 cm³/mol. The number of nitrogens with zero attached hydrogens (tertiary/aromatic N) is 2. The molecule has 11 heteroatoms. The third kappa shape index (κ3) is 7.94. The van der Waals surface area contributed by atoms with Crippen LogP contribution in [0, 0.1) is 5.82 Å². The molecule has 4 aromatic rings. The molecule has 0 unspecified atom stereocenters. The van der Waals surface area contributed by atoms with E-state index >= 15 is 0 Å². The number of carbonyl (C=O) groups is 2. The minimum absolute atomic E-state index is 0.0868. The third-order valence-electron chi connectivity index (χ3n) is 6.94. The summed E-state index contributed by atoms with van der Waals surface area (Å²) in [6.07, 6.45) is 0.120. The second kappa shape index (κ2) is 14.9. The zero-order valence-corrected chi connectivity index (χ0v) is 25.9. The summed E-state index contributed by atoms with van der Waals surface area (Å²) in [6, 6.07) is 25.8. The van der Waals surface area contributed by atoms with Gasteiger partial charge in [-0.15, -0.1) is 0 Å². The number of rotatable bonds is 13. The fourth-order valence-electron chi connectivity index (χ4n) is 4.69. The van der Waals surface area contributed by atoms with E-state index in [4.69, 9.17) is 16.3 Å². The van der Waals surface area contributed by atoms with Crippen LogP contribution in [0.1, 0.15) is 18.1 Å². The van der Waals surface area contributed by atoms with Gasteiger partial charge in [0.25, 0.3) is 10.0 Å². The standard InChI is InChI=1S/C33H33ClFN3O5S/c1-3-36-33(40)31(20-24-10-5-4-6-11-24)37(22-25-12-7-8-15-30(25)35)32(39)23-38(27-14-9-13-26(34)21-27)44(41,42)29-18-16-28(43-2)17-19-29/h4-19,21,31H,3,20,22-23H2,1-2H3,(H,36,40)/t31-/m0/s1. The van der Waals surface area contributed by atoms with Gasteiger partial charge in [0.1, 0.15) is 24.2 Å². The number of carbonyl (C=O) groups excluding carboxylic acids is 2. The van der Waals surface area contributed by atoms with E-state index in [1.165, 1.54) is 66.6 Å². The lowest BCUT2D eigenvalue weighted by molar-refractivity contribution is -0.140. The molecule has 0 aliphatic heterocycles. The summed E-state index contributed by atoms with van der Waals surface area (Å²) < 4.78 is 49.1. The summed E-state index contributed by atoms with van der Waals surface area (Å²) in [7, 11) is -2.86. The predicted octanol–water partition coefficient (Wildman–Crippen LogP) is 5.46. The fraction of sp³-hybridized carbons (Fsp3) is 0.212. The highest BCUT2D eigenvalue weighted by molar-refractivity contribution is 7.92. The van der Waals surface area contributed by atoms with Crippen molar-refractivity contribution in [3.63, 3.8) is 0 Å². The lowest BCUT2D eigenvalue weighted by Gasteiger charge is -2.34. The molecule has 2 amide bonds. The van der Waals surface area contributed by atoms with Crippen LogP contribution in [0.4, 0.5) is 10.1 Å². The Labute approximate surface area is 262 Å². The molecule has 230 valence electrons. The van der Waals surface area contributed by atoms with E-state index in [0.717, 1.165) is 9.87 Å². The highest BCUT2D eigenvalue weighted by Gasteiger charge is 2.35. The molecule has 0 fully saturated rings. The summed E-state index contributed by atoms with van der Waals surface area (Å²) >= 11 is 6.24. The van der Waals surface area contributed by atoms with Crippen LogP contribution in [0.5, 0.6) is 5.75 Å². The molecule has 1 N–H and O–H groups in total. The van der Waals surface area contributed by atoms with E-state index in [-0.39, 0.29) is 34.1 Å². The van der Waals surface area contributed by atoms with Gasteiger partial charge in [0.05, 0.1) is 17.7 Å². The maximum absolute atomic E-state index is 14.9. The normalized spacial score (nSPS) is 11.8. The molecule has 44 heavy (non-hydrogen) atoms. The zero-order chi connectivity index (χ0) is 31.7. The van der Waals surface area contributed by atoms with Crippen molar-refractivity contribution in [2.75, 3.05) is 24.5 Å². The average Bonchev–Trinajstić information content (AvgIpc) is 3.02. The first kappa shape index (κ1) is 32.5. The monoisotopic (exact) mass is 637 g/mol. The number of ether oxygens (including phenoxy) is 1. The molecule has 0 spiro atoms. The van der Waals surface area contributed by atoms with Crippen molar-refractivity contribution in [1.82, 2.24) is 10.2 Å². The first-order valence-electron chi connectivity index (χ1n) is 13.9. The second-order valence-corrected chi connectivity index (χ2v) is 12.2. The Morgan fingerprint density at radius 1 is 0.932 bits per heavy atom. The Balaban J connectivity index is 1.80. The molecule has 0 saturated heterocycles. The second-order valence-electron chi connectivity index (χ2n) is 9.88.